The van der Waals surface area contributed by atoms with Crippen LogP contribution in [0.4, 0.5) is 0 Å². The molecule has 14 heavy (non-hydrogen) atoms. The Hall–Kier alpha value is -1.76. The molecule has 1 heterocycles. The van der Waals surface area contributed by atoms with E-state index in [-0.39, 0.29) is 0 Å². The molecule has 0 saturated heterocycles. The van der Waals surface area contributed by atoms with Crippen LogP contribution in [-0.2, 0) is 0 Å². The minimum absolute atomic E-state index is 0.918. The smallest absolute Gasteiger partial charge is 0.173 e. The number of benzene rings is 2. The highest BCUT2D eigenvalue weighted by molar-refractivity contribution is 6.07. The van der Waals surface area contributed by atoms with Gasteiger partial charge in [-0.2, -0.15) is 0 Å². The second-order valence-electron chi connectivity index (χ2n) is 3.49. The van der Waals surface area contributed by atoms with Crippen molar-refractivity contribution < 1.29 is 4.42 Å². The van der Waals surface area contributed by atoms with Crippen molar-refractivity contribution >= 4 is 21.7 Å². The zero-order valence-electron chi connectivity index (χ0n) is 7.87. The molecule has 0 saturated carbocycles. The molecule has 1 heteroatoms. The number of aryl methyl sites for hydroxylation is 1. The van der Waals surface area contributed by atoms with Gasteiger partial charge in [-0.25, -0.2) is 0 Å². The lowest BCUT2D eigenvalue weighted by atomic mass is 10.0. The third-order valence-corrected chi connectivity index (χ3v) is 2.58. The molecule has 0 atom stereocenters. The molecule has 0 aliphatic heterocycles. The Labute approximate surface area is 82.0 Å². The Morgan fingerprint density at radius 3 is 2.86 bits per heavy atom. The van der Waals surface area contributed by atoms with Crippen molar-refractivity contribution in [1.29, 1.82) is 0 Å². The highest BCUT2D eigenvalue weighted by Crippen LogP contribution is 2.28. The first-order valence-electron chi connectivity index (χ1n) is 4.65. The summed E-state index contributed by atoms with van der Waals surface area (Å²) in [7, 11) is 0. The lowest BCUT2D eigenvalue weighted by Crippen LogP contribution is -1.74. The van der Waals surface area contributed by atoms with Gasteiger partial charge in [-0.1, -0.05) is 30.3 Å². The normalized spacial score (nSPS) is 11.2. The Bertz CT molecular complexity index is 605. The molecular formula is C13H9O. The fourth-order valence-electron chi connectivity index (χ4n) is 1.91. The molecule has 0 N–H and O–H groups in total. The fourth-order valence-corrected chi connectivity index (χ4v) is 1.91. The van der Waals surface area contributed by atoms with Crippen LogP contribution in [0.1, 0.15) is 5.56 Å². The summed E-state index contributed by atoms with van der Waals surface area (Å²) in [5, 5.41) is 3.67. The first-order valence-corrected chi connectivity index (χ1v) is 4.65. The molecule has 0 unspecified atom stereocenters. The standard InChI is InChI=1S/C13H9O/c1-9-8-14-12-7-6-10-4-2-3-5-11(10)13(9)12/h2-7H,1H3. The van der Waals surface area contributed by atoms with Crippen LogP contribution in [0.25, 0.3) is 21.7 Å². The predicted molar refractivity (Wildman–Crippen MR) is 57.3 cm³/mol. The second kappa shape index (κ2) is 2.61. The van der Waals surface area contributed by atoms with Gasteiger partial charge >= 0.3 is 0 Å². The molecule has 1 nitrogen and oxygen atoms in total. The average Bonchev–Trinajstić information content (AvgIpc) is 2.61. The molecule has 1 aromatic heterocycles. The van der Waals surface area contributed by atoms with Gasteiger partial charge in [0.2, 0.25) is 0 Å². The second-order valence-corrected chi connectivity index (χ2v) is 3.49. The van der Waals surface area contributed by atoms with Gasteiger partial charge in [-0.05, 0) is 23.8 Å². The summed E-state index contributed by atoms with van der Waals surface area (Å²) >= 11 is 0. The van der Waals surface area contributed by atoms with Crippen LogP contribution in [0.2, 0.25) is 0 Å². The average molecular weight is 181 g/mol. The fraction of sp³-hybridized carbons (Fsp3) is 0.0769. The number of furan rings is 1. The summed E-state index contributed by atoms with van der Waals surface area (Å²) < 4.78 is 5.33. The van der Waals surface area contributed by atoms with Gasteiger partial charge in [0.15, 0.2) is 6.26 Å². The molecule has 0 aliphatic rings. The minimum Gasteiger partial charge on any atom is -0.452 e. The van der Waals surface area contributed by atoms with Gasteiger partial charge in [-0.3, -0.25) is 0 Å². The van der Waals surface area contributed by atoms with E-state index in [9.17, 15) is 0 Å². The van der Waals surface area contributed by atoms with Crippen LogP contribution >= 0.6 is 0 Å². The molecule has 67 valence electrons. The maximum Gasteiger partial charge on any atom is 0.173 e. The molecule has 0 bridgehead atoms. The zero-order chi connectivity index (χ0) is 9.54. The molecule has 3 aromatic rings. The van der Waals surface area contributed by atoms with Gasteiger partial charge in [0.05, 0.1) is 0 Å². The summed E-state index contributed by atoms with van der Waals surface area (Å²) in [6, 6.07) is 12.4. The van der Waals surface area contributed by atoms with Crippen molar-refractivity contribution in [2.24, 2.45) is 0 Å². The quantitative estimate of drug-likeness (QED) is 0.515. The molecule has 2 aromatic carbocycles. The molecule has 0 fully saturated rings. The summed E-state index contributed by atoms with van der Waals surface area (Å²) in [6.07, 6.45) is 2.89. The van der Waals surface area contributed by atoms with Gasteiger partial charge in [0.25, 0.3) is 0 Å². The summed E-state index contributed by atoms with van der Waals surface area (Å²) in [4.78, 5) is 0. The van der Waals surface area contributed by atoms with Crippen LogP contribution in [0, 0.1) is 13.2 Å². The molecule has 0 amide bonds. The third-order valence-electron chi connectivity index (χ3n) is 2.58. The lowest BCUT2D eigenvalue weighted by molar-refractivity contribution is 0.603. The number of fused-ring (bicyclic) bond motifs is 3. The van der Waals surface area contributed by atoms with Gasteiger partial charge in [0.1, 0.15) is 5.58 Å². The lowest BCUT2D eigenvalue weighted by Gasteiger charge is -1.98. The Kier molecular flexibility index (Phi) is 1.42. The van der Waals surface area contributed by atoms with Crippen LogP contribution in [-0.4, -0.2) is 0 Å². The maximum absolute atomic E-state index is 5.33. The van der Waals surface area contributed by atoms with Gasteiger partial charge < -0.3 is 4.42 Å². The number of rotatable bonds is 0. The SMILES string of the molecule is Cc1[c]oc2ccc3ccccc3c12. The Morgan fingerprint density at radius 2 is 1.93 bits per heavy atom. The maximum atomic E-state index is 5.33. The van der Waals surface area contributed by atoms with E-state index < -0.39 is 0 Å². The highest BCUT2D eigenvalue weighted by Gasteiger charge is 2.05. The molecule has 0 spiro atoms. The van der Waals surface area contributed by atoms with Crippen molar-refractivity contribution in [2.75, 3.05) is 0 Å². The van der Waals surface area contributed by atoms with E-state index in [0.29, 0.717) is 0 Å². The van der Waals surface area contributed by atoms with E-state index in [1.54, 1.807) is 0 Å². The van der Waals surface area contributed by atoms with E-state index >= 15 is 0 Å². The Morgan fingerprint density at radius 1 is 1.07 bits per heavy atom. The minimum atomic E-state index is 0.918. The first-order chi connectivity index (χ1) is 6.86. The summed E-state index contributed by atoms with van der Waals surface area (Å²) in [5.41, 5.74) is 2.00. The van der Waals surface area contributed by atoms with Crippen molar-refractivity contribution in [3.05, 3.63) is 48.2 Å². The number of hydrogen-bond donors (Lipinski definition) is 0. The van der Waals surface area contributed by atoms with Crippen LogP contribution < -0.4 is 0 Å². The highest BCUT2D eigenvalue weighted by atomic mass is 16.3. The Balaban J connectivity index is 2.65. The van der Waals surface area contributed by atoms with Crippen molar-refractivity contribution in [3.63, 3.8) is 0 Å². The first kappa shape index (κ1) is 7.63. The van der Waals surface area contributed by atoms with E-state index in [4.69, 9.17) is 4.42 Å². The van der Waals surface area contributed by atoms with Crippen LogP contribution in [0.15, 0.2) is 40.8 Å². The van der Waals surface area contributed by atoms with Crippen molar-refractivity contribution in [3.8, 4) is 0 Å². The molecule has 3 rings (SSSR count). The largest absolute Gasteiger partial charge is 0.452 e. The van der Waals surface area contributed by atoms with E-state index in [2.05, 4.69) is 24.5 Å². The zero-order valence-corrected chi connectivity index (χ0v) is 7.87. The van der Waals surface area contributed by atoms with E-state index in [0.717, 1.165) is 11.1 Å². The van der Waals surface area contributed by atoms with Crippen LogP contribution in [0.5, 0.6) is 0 Å². The number of hydrogen-bond acceptors (Lipinski definition) is 1. The topological polar surface area (TPSA) is 13.1 Å². The van der Waals surface area contributed by atoms with Crippen molar-refractivity contribution in [1.82, 2.24) is 0 Å². The van der Waals surface area contributed by atoms with Gasteiger partial charge in [-0.15, -0.1) is 0 Å². The molecular weight excluding hydrogens is 172 g/mol. The summed E-state index contributed by atoms with van der Waals surface area (Å²) in [6.45, 7) is 2.03. The third kappa shape index (κ3) is 0.896. The summed E-state index contributed by atoms with van der Waals surface area (Å²) in [5.74, 6) is 0. The van der Waals surface area contributed by atoms with E-state index in [1.165, 1.54) is 16.2 Å². The van der Waals surface area contributed by atoms with Crippen LogP contribution in [0.3, 0.4) is 0 Å². The van der Waals surface area contributed by atoms with Gasteiger partial charge in [0, 0.05) is 10.9 Å². The van der Waals surface area contributed by atoms with E-state index in [1.807, 2.05) is 25.1 Å². The van der Waals surface area contributed by atoms with Crippen molar-refractivity contribution in [2.45, 2.75) is 6.92 Å². The predicted octanol–water partition coefficient (Wildman–Crippen LogP) is 3.69. The monoisotopic (exact) mass is 181 g/mol. The molecule has 0 aliphatic carbocycles. The molecule has 1 radical (unpaired) electrons.